The van der Waals surface area contributed by atoms with Crippen LogP contribution >= 0.6 is 15.9 Å². The van der Waals surface area contributed by atoms with Crippen molar-refractivity contribution in [1.29, 1.82) is 0 Å². The van der Waals surface area contributed by atoms with Crippen molar-refractivity contribution in [1.82, 2.24) is 0 Å². The number of rotatable bonds is 4. The predicted octanol–water partition coefficient (Wildman–Crippen LogP) is 5.38. The van der Waals surface area contributed by atoms with Gasteiger partial charge >= 0.3 is 0 Å². The van der Waals surface area contributed by atoms with Gasteiger partial charge < -0.3 is 4.74 Å². The van der Waals surface area contributed by atoms with Gasteiger partial charge in [0.25, 0.3) is 0 Å². The molecule has 2 heteroatoms. The van der Waals surface area contributed by atoms with Gasteiger partial charge in [-0.15, -0.1) is 0 Å². The molecule has 1 aromatic rings. The first-order valence-electron chi connectivity index (χ1n) is 7.34. The lowest BCUT2D eigenvalue weighted by molar-refractivity contribution is 0.0557. The monoisotopic (exact) mass is 324 g/mol. The van der Waals surface area contributed by atoms with E-state index in [2.05, 4.69) is 67.9 Å². The van der Waals surface area contributed by atoms with Crippen LogP contribution in [0.3, 0.4) is 0 Å². The molecule has 0 aromatic heterocycles. The van der Waals surface area contributed by atoms with Crippen LogP contribution in [-0.4, -0.2) is 12.2 Å². The van der Waals surface area contributed by atoms with Crippen LogP contribution in [0.15, 0.2) is 24.3 Å². The van der Waals surface area contributed by atoms with E-state index in [1.54, 1.807) is 0 Å². The van der Waals surface area contributed by atoms with Gasteiger partial charge in [-0.3, -0.25) is 0 Å². The third kappa shape index (κ3) is 3.41. The van der Waals surface area contributed by atoms with Crippen LogP contribution in [0.4, 0.5) is 0 Å². The van der Waals surface area contributed by atoms with Crippen LogP contribution in [0.25, 0.3) is 0 Å². The molecule has 0 N–H and O–H groups in total. The summed E-state index contributed by atoms with van der Waals surface area (Å²) in [5, 5.41) is 0. The average molecular weight is 325 g/mol. The predicted molar refractivity (Wildman–Crippen MR) is 85.0 cm³/mol. The number of hydrogen-bond donors (Lipinski definition) is 0. The Morgan fingerprint density at radius 3 is 2.37 bits per heavy atom. The van der Waals surface area contributed by atoms with E-state index in [0.29, 0.717) is 17.0 Å². The van der Waals surface area contributed by atoms with Gasteiger partial charge in [0.05, 0.1) is 17.0 Å². The third-order valence-electron chi connectivity index (χ3n) is 4.49. The molecule has 2 rings (SSSR count). The number of benzene rings is 1. The highest BCUT2D eigenvalue weighted by Gasteiger charge is 2.29. The summed E-state index contributed by atoms with van der Waals surface area (Å²) in [5.41, 5.74) is 3.01. The normalized spacial score (nSPS) is 25.5. The molecule has 3 atom stereocenters. The molecule has 0 radical (unpaired) electrons. The molecule has 19 heavy (non-hydrogen) atoms. The fraction of sp³-hybridized carbons (Fsp3) is 0.647. The van der Waals surface area contributed by atoms with Gasteiger partial charge in [0.15, 0.2) is 0 Å². The van der Waals surface area contributed by atoms with E-state index in [-0.39, 0.29) is 5.41 Å². The molecule has 0 saturated carbocycles. The second-order valence-corrected chi connectivity index (χ2v) is 7.31. The lowest BCUT2D eigenvalue weighted by Crippen LogP contribution is -2.17. The molecule has 1 aliphatic heterocycles. The topological polar surface area (TPSA) is 9.23 Å². The van der Waals surface area contributed by atoms with Crippen molar-refractivity contribution in [3.8, 4) is 0 Å². The van der Waals surface area contributed by atoms with E-state index in [1.165, 1.54) is 17.5 Å². The van der Waals surface area contributed by atoms with Gasteiger partial charge in [-0.1, -0.05) is 61.0 Å². The number of hydrogen-bond acceptors (Lipinski definition) is 1. The fourth-order valence-corrected chi connectivity index (χ4v) is 3.28. The van der Waals surface area contributed by atoms with Crippen molar-refractivity contribution >= 4 is 15.9 Å². The summed E-state index contributed by atoms with van der Waals surface area (Å²) in [6.45, 7) is 9.01. The number of alkyl halides is 1. The minimum atomic E-state index is 0.263. The molecule has 0 aliphatic carbocycles. The lowest BCUT2D eigenvalue weighted by Gasteiger charge is -2.24. The van der Waals surface area contributed by atoms with Crippen LogP contribution in [0.2, 0.25) is 0 Å². The Bertz CT molecular complexity index is 410. The van der Waals surface area contributed by atoms with Crippen molar-refractivity contribution in [2.45, 2.75) is 69.4 Å². The number of ether oxygens (including phenoxy) is 1. The van der Waals surface area contributed by atoms with Crippen LogP contribution < -0.4 is 0 Å². The minimum absolute atomic E-state index is 0.263. The maximum absolute atomic E-state index is 5.95. The van der Waals surface area contributed by atoms with E-state index < -0.39 is 0 Å². The summed E-state index contributed by atoms with van der Waals surface area (Å²) in [7, 11) is 0. The summed E-state index contributed by atoms with van der Waals surface area (Å²) >= 11 is 3.81. The summed E-state index contributed by atoms with van der Waals surface area (Å²) in [6, 6.07) is 9.04. The van der Waals surface area contributed by atoms with Crippen molar-refractivity contribution in [2.75, 3.05) is 0 Å². The Labute approximate surface area is 125 Å². The molecule has 1 saturated heterocycles. The van der Waals surface area contributed by atoms with Gasteiger partial charge in [-0.2, -0.15) is 0 Å². The molecule has 1 nitrogen and oxygen atoms in total. The first kappa shape index (κ1) is 15.1. The van der Waals surface area contributed by atoms with Crippen LogP contribution in [0, 0.1) is 0 Å². The van der Waals surface area contributed by atoms with Crippen LogP contribution in [0.1, 0.15) is 62.9 Å². The first-order chi connectivity index (χ1) is 8.94. The quantitative estimate of drug-likeness (QED) is 0.676. The second-order valence-electron chi connectivity index (χ2n) is 6.32. The Morgan fingerprint density at radius 1 is 1.26 bits per heavy atom. The van der Waals surface area contributed by atoms with Crippen molar-refractivity contribution < 1.29 is 4.74 Å². The maximum Gasteiger partial charge on any atom is 0.0745 e. The fourth-order valence-electron chi connectivity index (χ4n) is 2.59. The van der Waals surface area contributed by atoms with Crippen molar-refractivity contribution in [2.24, 2.45) is 0 Å². The average Bonchev–Trinajstić information content (AvgIpc) is 2.85. The molecular formula is C17H25BrO. The van der Waals surface area contributed by atoms with Gasteiger partial charge in [-0.25, -0.2) is 0 Å². The highest BCUT2D eigenvalue weighted by atomic mass is 79.9. The smallest absolute Gasteiger partial charge is 0.0745 e. The Morgan fingerprint density at radius 2 is 1.89 bits per heavy atom. The number of halogens is 1. The zero-order valence-corrected chi connectivity index (χ0v) is 14.0. The van der Waals surface area contributed by atoms with Gasteiger partial charge in [0, 0.05) is 0 Å². The van der Waals surface area contributed by atoms with E-state index in [4.69, 9.17) is 4.74 Å². The SMILES string of the molecule is CCC(C)(C)c1ccc(C(Br)C2CCC(C)O2)cc1. The van der Waals surface area contributed by atoms with Gasteiger partial charge in [-0.05, 0) is 42.7 Å². The summed E-state index contributed by atoms with van der Waals surface area (Å²) in [5.74, 6) is 0. The molecule has 106 valence electrons. The summed E-state index contributed by atoms with van der Waals surface area (Å²) in [4.78, 5) is 0.316. The summed E-state index contributed by atoms with van der Waals surface area (Å²) in [6.07, 6.45) is 4.21. The standard InChI is InChI=1S/C17H25BrO/c1-5-17(3,4)14-9-7-13(8-10-14)16(18)15-11-6-12(2)19-15/h7-10,12,15-16H,5-6,11H2,1-4H3. The molecule has 0 spiro atoms. The van der Waals surface area contributed by atoms with E-state index >= 15 is 0 Å². The van der Waals surface area contributed by atoms with Crippen LogP contribution in [0.5, 0.6) is 0 Å². The van der Waals surface area contributed by atoms with Crippen molar-refractivity contribution in [3.05, 3.63) is 35.4 Å². The first-order valence-corrected chi connectivity index (χ1v) is 8.25. The Balaban J connectivity index is 2.10. The zero-order chi connectivity index (χ0) is 14.0. The minimum Gasteiger partial charge on any atom is -0.374 e. The largest absolute Gasteiger partial charge is 0.374 e. The molecule has 3 unspecified atom stereocenters. The van der Waals surface area contributed by atoms with Gasteiger partial charge in [0.2, 0.25) is 0 Å². The Hall–Kier alpha value is -0.340. The Kier molecular flexibility index (Phi) is 4.73. The molecule has 1 aliphatic rings. The highest BCUT2D eigenvalue weighted by molar-refractivity contribution is 9.09. The molecule has 1 heterocycles. The van der Waals surface area contributed by atoms with E-state index in [9.17, 15) is 0 Å². The zero-order valence-electron chi connectivity index (χ0n) is 12.4. The maximum atomic E-state index is 5.95. The van der Waals surface area contributed by atoms with E-state index in [0.717, 1.165) is 12.8 Å². The second kappa shape index (κ2) is 5.97. The molecule has 1 fully saturated rings. The van der Waals surface area contributed by atoms with Crippen LogP contribution in [-0.2, 0) is 10.2 Å². The highest BCUT2D eigenvalue weighted by Crippen LogP contribution is 2.37. The van der Waals surface area contributed by atoms with E-state index in [1.807, 2.05) is 0 Å². The van der Waals surface area contributed by atoms with Crippen molar-refractivity contribution in [3.63, 3.8) is 0 Å². The summed E-state index contributed by atoms with van der Waals surface area (Å²) < 4.78 is 5.95. The van der Waals surface area contributed by atoms with Gasteiger partial charge in [0.1, 0.15) is 0 Å². The molecule has 0 bridgehead atoms. The molecule has 1 aromatic carbocycles. The molecule has 0 amide bonds. The lowest BCUT2D eigenvalue weighted by atomic mass is 9.82. The third-order valence-corrected chi connectivity index (χ3v) is 5.60. The molecular weight excluding hydrogens is 300 g/mol.